The van der Waals surface area contributed by atoms with Crippen LogP contribution in [0.5, 0.6) is 5.75 Å². The second kappa shape index (κ2) is 12.9. The van der Waals surface area contributed by atoms with Crippen LogP contribution in [0.4, 0.5) is 0 Å². The number of nitrogens with zero attached hydrogens (tertiary/aromatic N) is 1. The zero-order valence-electron chi connectivity index (χ0n) is 12.9. The minimum atomic E-state index is -0.299. The quantitative estimate of drug-likeness (QED) is 0.738. The summed E-state index contributed by atoms with van der Waals surface area (Å²) in [6, 6.07) is 6.37. The average molecular weight is 331 g/mol. The molecule has 5 nitrogen and oxygen atoms in total. The van der Waals surface area contributed by atoms with E-state index in [9.17, 15) is 10.2 Å². The molecule has 1 aromatic rings. The maximum absolute atomic E-state index is 11.4. The van der Waals surface area contributed by atoms with Crippen LogP contribution in [0, 0.1) is 5.41 Å². The van der Waals surface area contributed by atoms with Gasteiger partial charge in [0.15, 0.2) is 0 Å². The van der Waals surface area contributed by atoms with Crippen molar-refractivity contribution in [2.75, 3.05) is 13.2 Å². The first-order chi connectivity index (χ1) is 8.86. The molecule has 1 radical (unpaired) electrons. The molecule has 21 heavy (non-hydrogen) atoms. The predicted octanol–water partition coefficient (Wildman–Crippen LogP) is 0.199. The summed E-state index contributed by atoms with van der Waals surface area (Å²) in [6.07, 6.45) is 1.51. The van der Waals surface area contributed by atoms with Crippen LogP contribution in [0.3, 0.4) is 0 Å². The van der Waals surface area contributed by atoms with Gasteiger partial charge in [-0.25, -0.2) is 0 Å². The Kier molecular flexibility index (Phi) is 15.4. The van der Waals surface area contributed by atoms with E-state index in [2.05, 4.69) is 4.99 Å². The first kappa shape index (κ1) is 25.1. The molecule has 0 spiro atoms. The van der Waals surface area contributed by atoms with Crippen LogP contribution in [-0.2, 0) is 24.0 Å². The van der Waals surface area contributed by atoms with Crippen LogP contribution < -0.4 is 15.3 Å². The van der Waals surface area contributed by atoms with Crippen LogP contribution in [0.25, 0.3) is 0 Å². The number of benzene rings is 1. The molecular formula is C15H22NO4V-5. The van der Waals surface area contributed by atoms with Gasteiger partial charge in [-0.3, -0.25) is 4.99 Å². The SMILES string of the molecule is CC(C)(C)[C@@H](C[O-])N=Cc1ccccc1[O-].CC[O-].[O-2].[V]. The van der Waals surface area contributed by atoms with Crippen LogP contribution >= 0.6 is 0 Å². The smallest absolute Gasteiger partial charge is 0.0395 e. The molecule has 6 heteroatoms. The molecule has 0 aliphatic heterocycles. The molecule has 0 N–H and O–H groups in total. The Labute approximate surface area is 138 Å². The Hall–Kier alpha value is -0.846. The molecule has 0 fully saturated rings. The fourth-order valence-electron chi connectivity index (χ4n) is 1.27. The van der Waals surface area contributed by atoms with Crippen molar-refractivity contribution in [3.8, 4) is 5.75 Å². The molecule has 0 unspecified atom stereocenters. The monoisotopic (exact) mass is 331 g/mol. The van der Waals surface area contributed by atoms with E-state index < -0.39 is 0 Å². The third-order valence-electron chi connectivity index (χ3n) is 2.47. The normalized spacial score (nSPS) is 11.7. The second-order valence-electron chi connectivity index (χ2n) is 5.15. The largest absolute Gasteiger partial charge is 2.00 e. The molecule has 0 bridgehead atoms. The summed E-state index contributed by atoms with van der Waals surface area (Å²) in [5.41, 5.74) is 0.362. The van der Waals surface area contributed by atoms with Crippen LogP contribution in [-0.4, -0.2) is 25.5 Å². The van der Waals surface area contributed by atoms with E-state index in [1.54, 1.807) is 25.1 Å². The Morgan fingerprint density at radius 1 is 1.19 bits per heavy atom. The van der Waals surface area contributed by atoms with Crippen molar-refractivity contribution in [1.82, 2.24) is 0 Å². The van der Waals surface area contributed by atoms with Crippen molar-refractivity contribution < 1.29 is 39.4 Å². The number of para-hydroxylation sites is 1. The van der Waals surface area contributed by atoms with Crippen LogP contribution in [0.15, 0.2) is 29.3 Å². The van der Waals surface area contributed by atoms with Gasteiger partial charge in [0.05, 0.1) is 0 Å². The van der Waals surface area contributed by atoms with Crippen molar-refractivity contribution in [3.63, 3.8) is 0 Å². The Balaban J connectivity index is -0.000000596. The van der Waals surface area contributed by atoms with Crippen molar-refractivity contribution >= 4 is 6.21 Å². The molecule has 0 saturated heterocycles. The number of rotatable bonds is 3. The summed E-state index contributed by atoms with van der Waals surface area (Å²) in [7, 11) is 0. The Bertz CT molecular complexity index is 392. The summed E-state index contributed by atoms with van der Waals surface area (Å²) in [5.74, 6) is -0.0650. The zero-order valence-corrected chi connectivity index (χ0v) is 14.3. The van der Waals surface area contributed by atoms with Gasteiger partial charge >= 0.3 is 0 Å². The van der Waals surface area contributed by atoms with Crippen molar-refractivity contribution in [2.45, 2.75) is 33.7 Å². The topological polar surface area (TPSA) is 110 Å². The molecule has 0 heterocycles. The zero-order chi connectivity index (χ0) is 14.9. The first-order valence-electron chi connectivity index (χ1n) is 6.32. The molecule has 0 saturated carbocycles. The Morgan fingerprint density at radius 3 is 2.05 bits per heavy atom. The molecule has 0 amide bonds. The first-order valence-corrected chi connectivity index (χ1v) is 6.32. The van der Waals surface area contributed by atoms with E-state index >= 15 is 0 Å². The van der Waals surface area contributed by atoms with Gasteiger partial charge in [-0.1, -0.05) is 52.0 Å². The minimum absolute atomic E-state index is 0. The van der Waals surface area contributed by atoms with E-state index in [-0.39, 0.29) is 54.5 Å². The van der Waals surface area contributed by atoms with Gasteiger partial charge in [0, 0.05) is 30.8 Å². The molecule has 121 valence electrons. The van der Waals surface area contributed by atoms with Gasteiger partial charge in [0.1, 0.15) is 0 Å². The molecule has 0 aliphatic carbocycles. The van der Waals surface area contributed by atoms with E-state index in [0.717, 1.165) is 0 Å². The summed E-state index contributed by atoms with van der Waals surface area (Å²) in [5, 5.41) is 31.3. The maximum atomic E-state index is 11.4. The summed E-state index contributed by atoms with van der Waals surface area (Å²) in [6.45, 7) is 7.21. The molecule has 0 aromatic heterocycles. The summed E-state index contributed by atoms with van der Waals surface area (Å²) >= 11 is 0. The fourth-order valence-corrected chi connectivity index (χ4v) is 1.27. The van der Waals surface area contributed by atoms with Gasteiger partial charge < -0.3 is 20.8 Å². The minimum Gasteiger partial charge on any atom is -2.00 e. The van der Waals surface area contributed by atoms with Gasteiger partial charge in [0.25, 0.3) is 0 Å². The standard InChI is InChI=1S/C13H18NO2.C2H5O.O.V/c1-13(2,3)12(9-15)14-8-10-6-4-5-7-11(10)16;1-2-3;;/h4-8,12,16H,9H2,1-3H3;2H2,1H3;;/q2*-1;-2;/p-1/t12-;;;/m1.../s1. The Morgan fingerprint density at radius 2 is 1.67 bits per heavy atom. The van der Waals surface area contributed by atoms with Gasteiger partial charge in [-0.15, -0.1) is 19.0 Å². The van der Waals surface area contributed by atoms with E-state index in [1.807, 2.05) is 20.8 Å². The summed E-state index contributed by atoms with van der Waals surface area (Å²) in [4.78, 5) is 4.21. The van der Waals surface area contributed by atoms with Gasteiger partial charge in [-0.05, 0) is 11.0 Å². The number of hydrogen-bond acceptors (Lipinski definition) is 4. The van der Waals surface area contributed by atoms with E-state index in [4.69, 9.17) is 5.11 Å². The predicted molar refractivity (Wildman–Crippen MR) is 72.8 cm³/mol. The maximum Gasteiger partial charge on any atom is 0.0395 e. The number of aliphatic imine (C=N–C) groups is 1. The van der Waals surface area contributed by atoms with Crippen LogP contribution in [0.1, 0.15) is 33.3 Å². The third-order valence-corrected chi connectivity index (χ3v) is 2.47. The summed E-state index contributed by atoms with van der Waals surface area (Å²) < 4.78 is 0. The second-order valence-corrected chi connectivity index (χ2v) is 5.15. The molecule has 1 rings (SSSR count). The van der Waals surface area contributed by atoms with Crippen molar-refractivity contribution in [3.05, 3.63) is 29.8 Å². The van der Waals surface area contributed by atoms with E-state index in [0.29, 0.717) is 5.56 Å². The number of hydrogen-bond donors (Lipinski definition) is 0. The van der Waals surface area contributed by atoms with Gasteiger partial charge in [-0.2, -0.15) is 0 Å². The van der Waals surface area contributed by atoms with Crippen molar-refractivity contribution in [1.29, 1.82) is 0 Å². The third kappa shape index (κ3) is 10.5. The van der Waals surface area contributed by atoms with Crippen LogP contribution in [0.2, 0.25) is 0 Å². The van der Waals surface area contributed by atoms with Gasteiger partial charge in [0.2, 0.25) is 0 Å². The molecule has 1 atom stereocenters. The fraction of sp³-hybridized carbons (Fsp3) is 0.533. The van der Waals surface area contributed by atoms with E-state index in [1.165, 1.54) is 12.3 Å². The molecule has 1 aromatic carbocycles. The van der Waals surface area contributed by atoms with Crippen molar-refractivity contribution in [2.24, 2.45) is 10.4 Å². The molecule has 0 aliphatic rings. The molecular weight excluding hydrogens is 309 g/mol. The average Bonchev–Trinajstić information content (AvgIpc) is 2.31.